The third-order valence-electron chi connectivity index (χ3n) is 5.34. The number of carbonyl (C=O) groups is 1. The normalized spacial score (nSPS) is 16.3. The van der Waals surface area contributed by atoms with E-state index in [2.05, 4.69) is 0 Å². The average molecular weight is 439 g/mol. The van der Waals surface area contributed by atoms with Crippen LogP contribution in [0.5, 0.6) is 0 Å². The maximum atomic E-state index is 13.0. The van der Waals surface area contributed by atoms with Crippen molar-refractivity contribution in [2.45, 2.75) is 38.4 Å². The lowest BCUT2D eigenvalue weighted by atomic mass is 9.84. The van der Waals surface area contributed by atoms with Gasteiger partial charge in [0.05, 0.1) is 33.4 Å². The molecule has 0 amide bonds. The summed E-state index contributed by atoms with van der Waals surface area (Å²) in [5, 5.41) is 0. The van der Waals surface area contributed by atoms with Gasteiger partial charge in [-0.2, -0.15) is 0 Å². The highest BCUT2D eigenvalue weighted by Crippen LogP contribution is 2.34. The number of benzene rings is 2. The van der Waals surface area contributed by atoms with Gasteiger partial charge in [-0.25, -0.2) is 4.79 Å². The maximum absolute atomic E-state index is 13.0. The number of methoxy groups -OCH3 is 1. The summed E-state index contributed by atoms with van der Waals surface area (Å²) in [5.41, 5.74) is 0.763. The molecule has 3 rings (SSSR count). The van der Waals surface area contributed by atoms with Crippen LogP contribution in [0.4, 0.5) is 0 Å². The SMILES string of the molecule is COC(=O)[C@](CC1OC=CO1)(OCc1ccccc1)[C@H](C)/C=C/COCc1ccccc1. The van der Waals surface area contributed by atoms with Crippen molar-refractivity contribution in [3.8, 4) is 0 Å². The van der Waals surface area contributed by atoms with Gasteiger partial charge in [0.1, 0.15) is 12.5 Å². The van der Waals surface area contributed by atoms with E-state index in [0.717, 1.165) is 11.1 Å². The minimum absolute atomic E-state index is 0.176. The van der Waals surface area contributed by atoms with Crippen LogP contribution in [0.25, 0.3) is 0 Å². The highest BCUT2D eigenvalue weighted by atomic mass is 16.7. The van der Waals surface area contributed by atoms with Crippen LogP contribution in [0.3, 0.4) is 0 Å². The quantitative estimate of drug-likeness (QED) is 0.271. The van der Waals surface area contributed by atoms with Crippen molar-refractivity contribution in [1.29, 1.82) is 0 Å². The lowest BCUT2D eigenvalue weighted by molar-refractivity contribution is -0.191. The van der Waals surface area contributed by atoms with Crippen LogP contribution in [0, 0.1) is 5.92 Å². The Hall–Kier alpha value is -3.09. The Labute approximate surface area is 189 Å². The van der Waals surface area contributed by atoms with E-state index < -0.39 is 17.9 Å². The molecule has 1 aliphatic heterocycles. The topological polar surface area (TPSA) is 63.2 Å². The first kappa shape index (κ1) is 23.6. The van der Waals surface area contributed by atoms with Crippen molar-refractivity contribution >= 4 is 5.97 Å². The lowest BCUT2D eigenvalue weighted by Crippen LogP contribution is -2.50. The summed E-state index contributed by atoms with van der Waals surface area (Å²) < 4.78 is 28.1. The monoisotopic (exact) mass is 438 g/mol. The van der Waals surface area contributed by atoms with E-state index in [1.807, 2.05) is 79.7 Å². The fourth-order valence-electron chi connectivity index (χ4n) is 3.51. The van der Waals surface area contributed by atoms with E-state index in [1.165, 1.54) is 19.6 Å². The van der Waals surface area contributed by atoms with Gasteiger partial charge in [-0.3, -0.25) is 0 Å². The third-order valence-corrected chi connectivity index (χ3v) is 5.34. The van der Waals surface area contributed by atoms with Gasteiger partial charge >= 0.3 is 5.97 Å². The molecule has 0 bridgehead atoms. The Morgan fingerprint density at radius 2 is 1.59 bits per heavy atom. The Morgan fingerprint density at radius 3 is 2.19 bits per heavy atom. The summed E-state index contributed by atoms with van der Waals surface area (Å²) in [5.74, 6) is -0.804. The fraction of sp³-hybridized carbons (Fsp3) is 0.346. The predicted molar refractivity (Wildman–Crippen MR) is 120 cm³/mol. The number of carbonyl (C=O) groups excluding carboxylic acids is 1. The smallest absolute Gasteiger partial charge is 0.339 e. The molecule has 0 fully saturated rings. The molecule has 0 aliphatic carbocycles. The number of hydrogen-bond acceptors (Lipinski definition) is 6. The Morgan fingerprint density at radius 1 is 1.00 bits per heavy atom. The van der Waals surface area contributed by atoms with Crippen molar-refractivity contribution in [2.75, 3.05) is 13.7 Å². The van der Waals surface area contributed by atoms with Gasteiger partial charge in [-0.15, -0.1) is 0 Å². The van der Waals surface area contributed by atoms with Gasteiger partial charge in [0.15, 0.2) is 5.60 Å². The fourth-order valence-corrected chi connectivity index (χ4v) is 3.51. The standard InChI is InChI=1S/C26H30O6/c1-21(10-9-15-29-19-22-11-5-3-6-12-22)26(25(27)28-2,18-24-30-16-17-31-24)32-20-23-13-7-4-8-14-23/h3-14,16-17,21,24H,15,18-20H2,1-2H3/b10-9+/t21-,26-/m1/s1. The van der Waals surface area contributed by atoms with E-state index in [4.69, 9.17) is 23.7 Å². The van der Waals surface area contributed by atoms with Crippen LogP contribution in [0.1, 0.15) is 24.5 Å². The minimum Gasteiger partial charge on any atom is -0.467 e. The highest BCUT2D eigenvalue weighted by Gasteiger charge is 2.48. The Kier molecular flexibility index (Phi) is 8.90. The van der Waals surface area contributed by atoms with Crippen molar-refractivity contribution < 1.29 is 28.5 Å². The molecular weight excluding hydrogens is 408 g/mol. The molecule has 1 aliphatic rings. The zero-order valence-electron chi connectivity index (χ0n) is 18.5. The first-order valence-electron chi connectivity index (χ1n) is 10.6. The summed E-state index contributed by atoms with van der Waals surface area (Å²) in [6.45, 7) is 3.09. The van der Waals surface area contributed by atoms with Crippen molar-refractivity contribution in [1.82, 2.24) is 0 Å². The molecule has 0 saturated carbocycles. The number of rotatable bonds is 12. The van der Waals surface area contributed by atoms with E-state index in [0.29, 0.717) is 13.2 Å². The summed E-state index contributed by atoms with van der Waals surface area (Å²) in [4.78, 5) is 13.0. The molecule has 2 atom stereocenters. The maximum Gasteiger partial charge on any atom is 0.339 e. The third kappa shape index (κ3) is 6.45. The highest BCUT2D eigenvalue weighted by molar-refractivity contribution is 5.80. The zero-order chi connectivity index (χ0) is 22.7. The lowest BCUT2D eigenvalue weighted by Gasteiger charge is -2.36. The number of ether oxygens (including phenoxy) is 5. The molecule has 0 unspecified atom stereocenters. The van der Waals surface area contributed by atoms with Crippen molar-refractivity contribution in [3.63, 3.8) is 0 Å². The van der Waals surface area contributed by atoms with Crippen LogP contribution in [0.15, 0.2) is 85.3 Å². The zero-order valence-corrected chi connectivity index (χ0v) is 18.5. The van der Waals surface area contributed by atoms with Crippen LogP contribution in [-0.4, -0.2) is 31.6 Å². The summed E-state index contributed by atoms with van der Waals surface area (Å²) in [6, 6.07) is 19.7. The van der Waals surface area contributed by atoms with Gasteiger partial charge < -0.3 is 23.7 Å². The largest absolute Gasteiger partial charge is 0.467 e. The molecule has 1 heterocycles. The van der Waals surface area contributed by atoms with Gasteiger partial charge in [-0.05, 0) is 11.1 Å². The van der Waals surface area contributed by atoms with Gasteiger partial charge in [0.25, 0.3) is 0 Å². The summed E-state index contributed by atoms with van der Waals surface area (Å²) >= 11 is 0. The van der Waals surface area contributed by atoms with Gasteiger partial charge in [-0.1, -0.05) is 79.7 Å². The molecule has 0 spiro atoms. The van der Waals surface area contributed by atoms with Crippen LogP contribution in [-0.2, 0) is 41.7 Å². The second-order valence-electron chi connectivity index (χ2n) is 7.55. The first-order valence-corrected chi connectivity index (χ1v) is 10.6. The van der Waals surface area contributed by atoms with E-state index in [-0.39, 0.29) is 18.9 Å². The van der Waals surface area contributed by atoms with Crippen molar-refractivity contribution in [2.24, 2.45) is 5.92 Å². The average Bonchev–Trinajstić information content (AvgIpc) is 3.35. The van der Waals surface area contributed by atoms with Crippen molar-refractivity contribution in [3.05, 3.63) is 96.5 Å². The molecule has 32 heavy (non-hydrogen) atoms. The number of hydrogen-bond donors (Lipinski definition) is 0. The molecule has 6 heteroatoms. The van der Waals surface area contributed by atoms with Crippen LogP contribution < -0.4 is 0 Å². The molecule has 2 aromatic carbocycles. The van der Waals surface area contributed by atoms with E-state index >= 15 is 0 Å². The molecule has 6 nitrogen and oxygen atoms in total. The second-order valence-corrected chi connectivity index (χ2v) is 7.55. The molecule has 0 aromatic heterocycles. The van der Waals surface area contributed by atoms with E-state index in [1.54, 1.807) is 0 Å². The van der Waals surface area contributed by atoms with Gasteiger partial charge in [0.2, 0.25) is 6.29 Å². The molecule has 0 saturated heterocycles. The van der Waals surface area contributed by atoms with Gasteiger partial charge in [0, 0.05) is 5.92 Å². The molecule has 170 valence electrons. The summed E-state index contributed by atoms with van der Waals surface area (Å²) in [6.07, 6.45) is 6.27. The molecule has 2 aromatic rings. The second kappa shape index (κ2) is 12.1. The summed E-state index contributed by atoms with van der Waals surface area (Å²) in [7, 11) is 1.36. The first-order chi connectivity index (χ1) is 15.6. The number of esters is 1. The Balaban J connectivity index is 1.69. The van der Waals surface area contributed by atoms with Crippen LogP contribution >= 0.6 is 0 Å². The molecule has 0 N–H and O–H groups in total. The Bertz CT molecular complexity index is 872. The minimum atomic E-state index is -1.29. The molecular formula is C26H30O6. The molecule has 0 radical (unpaired) electrons. The van der Waals surface area contributed by atoms with Crippen LogP contribution in [0.2, 0.25) is 0 Å². The predicted octanol–water partition coefficient (Wildman–Crippen LogP) is 4.76. The van der Waals surface area contributed by atoms with E-state index in [9.17, 15) is 4.79 Å².